The van der Waals surface area contributed by atoms with Gasteiger partial charge in [-0.3, -0.25) is 9.69 Å². The topological polar surface area (TPSA) is 32.3 Å². The number of rotatable bonds is 3. The molecular formula is C8H12N2OS. The monoisotopic (exact) mass is 184 g/mol. The molecule has 1 heterocycles. The molecule has 0 aromatic heterocycles. The summed E-state index contributed by atoms with van der Waals surface area (Å²) in [6.45, 7) is 6.02. The fourth-order valence-electron chi connectivity index (χ4n) is 1.16. The largest absolute Gasteiger partial charge is 0.350 e. The third-order valence-electron chi connectivity index (χ3n) is 1.83. The Hall–Kier alpha value is -0.900. The number of amides is 1. The molecule has 1 rings (SSSR count). The molecule has 0 aromatic carbocycles. The van der Waals surface area contributed by atoms with Gasteiger partial charge in [-0.2, -0.15) is 0 Å². The highest BCUT2D eigenvalue weighted by atomic mass is 32.1. The summed E-state index contributed by atoms with van der Waals surface area (Å²) < 4.78 is 0. The van der Waals surface area contributed by atoms with Gasteiger partial charge in [-0.15, -0.1) is 6.58 Å². The molecule has 0 aromatic rings. The second-order valence-corrected chi connectivity index (χ2v) is 3.03. The van der Waals surface area contributed by atoms with Crippen molar-refractivity contribution >= 4 is 23.2 Å². The molecule has 1 aliphatic heterocycles. The Bertz CT molecular complexity index is 227. The Morgan fingerprint density at radius 3 is 2.92 bits per heavy atom. The van der Waals surface area contributed by atoms with Crippen LogP contribution in [0.25, 0.3) is 0 Å². The van der Waals surface area contributed by atoms with E-state index < -0.39 is 0 Å². The third-order valence-corrected chi connectivity index (χ3v) is 2.17. The Morgan fingerprint density at radius 1 is 1.83 bits per heavy atom. The van der Waals surface area contributed by atoms with Crippen LogP contribution in [0.3, 0.4) is 0 Å². The molecule has 12 heavy (non-hydrogen) atoms. The van der Waals surface area contributed by atoms with E-state index in [1.807, 2.05) is 6.92 Å². The van der Waals surface area contributed by atoms with E-state index in [1.54, 1.807) is 6.08 Å². The molecule has 0 saturated carbocycles. The van der Waals surface area contributed by atoms with Crippen molar-refractivity contribution in [2.24, 2.45) is 0 Å². The van der Waals surface area contributed by atoms with Crippen LogP contribution in [0.15, 0.2) is 12.7 Å². The molecule has 4 heteroatoms. The van der Waals surface area contributed by atoms with Crippen molar-refractivity contribution in [3.8, 4) is 0 Å². The molecule has 66 valence electrons. The lowest BCUT2D eigenvalue weighted by atomic mass is 10.2. The maximum atomic E-state index is 11.5. The zero-order chi connectivity index (χ0) is 9.14. The van der Waals surface area contributed by atoms with Gasteiger partial charge in [-0.1, -0.05) is 13.0 Å². The molecular weight excluding hydrogens is 172 g/mol. The Balaban J connectivity index is 2.70. The van der Waals surface area contributed by atoms with Gasteiger partial charge in [0.1, 0.15) is 6.04 Å². The highest BCUT2D eigenvalue weighted by molar-refractivity contribution is 7.80. The summed E-state index contributed by atoms with van der Waals surface area (Å²) in [5, 5.41) is 3.47. The SMILES string of the molecule is C=CCN1C(=O)[C@H](CC)NC1=S. The van der Waals surface area contributed by atoms with Crippen molar-refractivity contribution < 1.29 is 4.79 Å². The number of nitrogens with zero attached hydrogens (tertiary/aromatic N) is 1. The van der Waals surface area contributed by atoms with Gasteiger partial charge < -0.3 is 5.32 Å². The molecule has 1 saturated heterocycles. The van der Waals surface area contributed by atoms with Crippen LogP contribution >= 0.6 is 12.2 Å². The number of nitrogens with one attached hydrogen (secondary N) is 1. The Kier molecular flexibility index (Phi) is 2.81. The summed E-state index contributed by atoms with van der Waals surface area (Å²) in [4.78, 5) is 13.0. The molecule has 0 spiro atoms. The van der Waals surface area contributed by atoms with E-state index in [-0.39, 0.29) is 11.9 Å². The molecule has 0 bridgehead atoms. The first-order valence-electron chi connectivity index (χ1n) is 3.93. The highest BCUT2D eigenvalue weighted by Gasteiger charge is 2.32. The summed E-state index contributed by atoms with van der Waals surface area (Å²) in [6, 6.07) is -0.127. The van der Waals surface area contributed by atoms with E-state index in [2.05, 4.69) is 11.9 Å². The quantitative estimate of drug-likeness (QED) is 0.517. The maximum Gasteiger partial charge on any atom is 0.251 e. The van der Waals surface area contributed by atoms with E-state index in [0.29, 0.717) is 11.7 Å². The first kappa shape index (κ1) is 9.19. The molecule has 0 unspecified atom stereocenters. The predicted octanol–water partition coefficient (Wildman–Crippen LogP) is 0.668. The smallest absolute Gasteiger partial charge is 0.251 e. The van der Waals surface area contributed by atoms with Crippen LogP contribution in [0.2, 0.25) is 0 Å². The van der Waals surface area contributed by atoms with Crippen LogP contribution in [0.1, 0.15) is 13.3 Å². The Morgan fingerprint density at radius 2 is 2.50 bits per heavy atom. The highest BCUT2D eigenvalue weighted by Crippen LogP contribution is 2.08. The zero-order valence-corrected chi connectivity index (χ0v) is 7.86. The number of carbonyl (C=O) groups is 1. The third kappa shape index (κ3) is 1.48. The first-order valence-corrected chi connectivity index (χ1v) is 4.34. The van der Waals surface area contributed by atoms with Crippen molar-refractivity contribution in [2.45, 2.75) is 19.4 Å². The van der Waals surface area contributed by atoms with Crippen LogP contribution in [0, 0.1) is 0 Å². The van der Waals surface area contributed by atoms with Crippen molar-refractivity contribution in [3.63, 3.8) is 0 Å². The predicted molar refractivity (Wildman–Crippen MR) is 51.7 cm³/mol. The van der Waals surface area contributed by atoms with Crippen LogP contribution < -0.4 is 5.32 Å². The van der Waals surface area contributed by atoms with Gasteiger partial charge in [-0.05, 0) is 18.6 Å². The van der Waals surface area contributed by atoms with Gasteiger partial charge >= 0.3 is 0 Å². The van der Waals surface area contributed by atoms with Crippen molar-refractivity contribution in [1.82, 2.24) is 10.2 Å². The van der Waals surface area contributed by atoms with Crippen molar-refractivity contribution in [2.75, 3.05) is 6.54 Å². The molecule has 1 amide bonds. The van der Waals surface area contributed by atoms with Gasteiger partial charge in [-0.25, -0.2) is 0 Å². The van der Waals surface area contributed by atoms with E-state index in [1.165, 1.54) is 4.90 Å². The van der Waals surface area contributed by atoms with E-state index in [4.69, 9.17) is 12.2 Å². The minimum atomic E-state index is -0.127. The first-order chi connectivity index (χ1) is 5.70. The van der Waals surface area contributed by atoms with Gasteiger partial charge in [0.2, 0.25) is 0 Å². The summed E-state index contributed by atoms with van der Waals surface area (Å²) in [5.74, 6) is 0.0578. The van der Waals surface area contributed by atoms with E-state index in [9.17, 15) is 4.79 Å². The summed E-state index contributed by atoms with van der Waals surface area (Å²) in [5.41, 5.74) is 0. The summed E-state index contributed by atoms with van der Waals surface area (Å²) in [7, 11) is 0. The number of thiocarbonyl (C=S) groups is 1. The average Bonchev–Trinajstić information content (AvgIpc) is 2.32. The van der Waals surface area contributed by atoms with Crippen LogP contribution in [0.5, 0.6) is 0 Å². The van der Waals surface area contributed by atoms with E-state index >= 15 is 0 Å². The van der Waals surface area contributed by atoms with Crippen LogP contribution in [0.4, 0.5) is 0 Å². The normalized spacial score (nSPS) is 22.8. The van der Waals surface area contributed by atoms with Crippen molar-refractivity contribution in [3.05, 3.63) is 12.7 Å². The standard InChI is InChI=1S/C8H12N2OS/c1-3-5-10-7(11)6(4-2)9-8(10)12/h3,6H,1,4-5H2,2H3,(H,9,12)/t6-/m0/s1. The van der Waals surface area contributed by atoms with Crippen LogP contribution in [-0.4, -0.2) is 28.5 Å². The van der Waals surface area contributed by atoms with Gasteiger partial charge in [0.05, 0.1) is 0 Å². The van der Waals surface area contributed by atoms with Gasteiger partial charge in [0, 0.05) is 6.54 Å². The van der Waals surface area contributed by atoms with E-state index in [0.717, 1.165) is 6.42 Å². The van der Waals surface area contributed by atoms with Crippen molar-refractivity contribution in [1.29, 1.82) is 0 Å². The second kappa shape index (κ2) is 3.67. The minimum Gasteiger partial charge on any atom is -0.350 e. The lowest BCUT2D eigenvalue weighted by Gasteiger charge is -2.10. The number of carbonyl (C=O) groups excluding carboxylic acids is 1. The Labute approximate surface area is 77.4 Å². The fourth-order valence-corrected chi connectivity index (χ4v) is 1.46. The maximum absolute atomic E-state index is 11.5. The van der Waals surface area contributed by atoms with Crippen LogP contribution in [-0.2, 0) is 4.79 Å². The van der Waals surface area contributed by atoms with Gasteiger partial charge in [0.15, 0.2) is 5.11 Å². The molecule has 1 fully saturated rings. The average molecular weight is 184 g/mol. The van der Waals surface area contributed by atoms with Gasteiger partial charge in [0.25, 0.3) is 5.91 Å². The lowest BCUT2D eigenvalue weighted by Crippen LogP contribution is -2.31. The minimum absolute atomic E-state index is 0.0578. The number of hydrogen-bond acceptors (Lipinski definition) is 2. The molecule has 0 aliphatic carbocycles. The molecule has 1 N–H and O–H groups in total. The molecule has 1 aliphatic rings. The molecule has 1 atom stereocenters. The zero-order valence-electron chi connectivity index (χ0n) is 7.04. The number of hydrogen-bond donors (Lipinski definition) is 1. The summed E-state index contributed by atoms with van der Waals surface area (Å²) in [6.07, 6.45) is 2.44. The molecule has 3 nitrogen and oxygen atoms in total. The summed E-state index contributed by atoms with van der Waals surface area (Å²) >= 11 is 4.97. The second-order valence-electron chi connectivity index (χ2n) is 2.65. The lowest BCUT2D eigenvalue weighted by molar-refractivity contribution is -0.126. The molecule has 0 radical (unpaired) electrons. The fraction of sp³-hybridized carbons (Fsp3) is 0.500.